The summed E-state index contributed by atoms with van der Waals surface area (Å²) >= 11 is 0. The first kappa shape index (κ1) is 23.4. The van der Waals surface area contributed by atoms with E-state index in [-0.39, 0.29) is 5.92 Å². The first-order valence-electron chi connectivity index (χ1n) is 10.2. The van der Waals surface area contributed by atoms with Crippen LogP contribution in [0.2, 0.25) is 0 Å². The third kappa shape index (κ3) is 4.63. The number of amides is 4. The highest BCUT2D eigenvalue weighted by molar-refractivity contribution is 6.09. The van der Waals surface area contributed by atoms with Crippen LogP contribution in [0.3, 0.4) is 0 Å². The van der Waals surface area contributed by atoms with Crippen LogP contribution >= 0.6 is 0 Å². The minimum atomic E-state index is -1.26. The van der Waals surface area contributed by atoms with E-state index in [0.29, 0.717) is 17.9 Å². The van der Waals surface area contributed by atoms with Crippen molar-refractivity contribution < 1.29 is 23.9 Å². The highest BCUT2D eigenvalue weighted by Gasteiger charge is 2.49. The number of imide groups is 1. The number of carbonyl (C=O) groups is 4. The highest BCUT2D eigenvalue weighted by Crippen LogP contribution is 2.29. The first-order chi connectivity index (χ1) is 14.0. The molecule has 1 heterocycles. The van der Waals surface area contributed by atoms with Gasteiger partial charge < -0.3 is 15.4 Å². The van der Waals surface area contributed by atoms with Crippen molar-refractivity contribution in [3.05, 3.63) is 35.4 Å². The second-order valence-corrected chi connectivity index (χ2v) is 8.18. The van der Waals surface area contributed by atoms with E-state index in [1.165, 1.54) is 7.11 Å². The normalized spacial score (nSPS) is 20.7. The quantitative estimate of drug-likeness (QED) is 0.499. The van der Waals surface area contributed by atoms with Gasteiger partial charge >= 0.3 is 12.0 Å². The largest absolute Gasteiger partial charge is 0.467 e. The van der Waals surface area contributed by atoms with Crippen molar-refractivity contribution in [1.29, 1.82) is 0 Å². The van der Waals surface area contributed by atoms with Crippen molar-refractivity contribution in [3.63, 3.8) is 0 Å². The summed E-state index contributed by atoms with van der Waals surface area (Å²) in [5.41, 5.74) is 0.500. The molecule has 3 atom stereocenters. The molecule has 0 aliphatic carbocycles. The number of rotatable bonds is 8. The zero-order chi connectivity index (χ0) is 22.6. The molecule has 8 nitrogen and oxygen atoms in total. The molecule has 0 radical (unpaired) electrons. The zero-order valence-corrected chi connectivity index (χ0v) is 18.4. The Kier molecular flexibility index (Phi) is 7.23. The van der Waals surface area contributed by atoms with Crippen LogP contribution in [-0.2, 0) is 24.7 Å². The fraction of sp³-hybridized carbons (Fsp3) is 0.545. The summed E-state index contributed by atoms with van der Waals surface area (Å²) in [6, 6.07) is 5.98. The van der Waals surface area contributed by atoms with Gasteiger partial charge in [0, 0.05) is 0 Å². The summed E-state index contributed by atoms with van der Waals surface area (Å²) in [6.45, 7) is 8.98. The van der Waals surface area contributed by atoms with Gasteiger partial charge in [-0.25, -0.2) is 9.59 Å². The van der Waals surface area contributed by atoms with Gasteiger partial charge in [-0.05, 0) is 29.9 Å². The van der Waals surface area contributed by atoms with E-state index >= 15 is 0 Å². The van der Waals surface area contributed by atoms with Gasteiger partial charge in [0.2, 0.25) is 5.91 Å². The van der Waals surface area contributed by atoms with Gasteiger partial charge in [0.05, 0.1) is 7.11 Å². The predicted molar refractivity (Wildman–Crippen MR) is 112 cm³/mol. The summed E-state index contributed by atoms with van der Waals surface area (Å²) in [5, 5.41) is 5.27. The maximum Gasteiger partial charge on any atom is 0.328 e. The van der Waals surface area contributed by atoms with Crippen LogP contribution in [-0.4, -0.2) is 48.4 Å². The highest BCUT2D eigenvalue weighted by atomic mass is 16.5. The van der Waals surface area contributed by atoms with Gasteiger partial charge in [-0.1, -0.05) is 58.4 Å². The lowest BCUT2D eigenvalue weighted by molar-refractivity contribution is -0.146. The SMILES string of the molecule is CC[C@@H](C)[C@H](NC(=O)CN1C(=O)N[C@](C)(c2ccc(C(C)C)cc2)C1=O)C(=O)OC. The Morgan fingerprint density at radius 1 is 1.17 bits per heavy atom. The van der Waals surface area contributed by atoms with Crippen LogP contribution in [0.4, 0.5) is 4.79 Å². The molecule has 0 saturated carbocycles. The number of ether oxygens (including phenoxy) is 1. The maximum atomic E-state index is 13.0. The third-order valence-corrected chi connectivity index (χ3v) is 5.72. The van der Waals surface area contributed by atoms with Crippen molar-refractivity contribution >= 4 is 23.8 Å². The van der Waals surface area contributed by atoms with E-state index in [1.54, 1.807) is 6.92 Å². The molecule has 164 valence electrons. The van der Waals surface area contributed by atoms with Crippen molar-refractivity contribution in [2.24, 2.45) is 5.92 Å². The number of hydrogen-bond donors (Lipinski definition) is 2. The Bertz CT molecular complexity index is 821. The Labute approximate surface area is 177 Å². The molecule has 1 aromatic rings. The molecule has 0 spiro atoms. The second-order valence-electron chi connectivity index (χ2n) is 8.18. The molecular formula is C22H31N3O5. The Morgan fingerprint density at radius 2 is 1.77 bits per heavy atom. The van der Waals surface area contributed by atoms with Crippen LogP contribution in [0.1, 0.15) is 58.1 Å². The number of methoxy groups -OCH3 is 1. The standard InChI is InChI=1S/C22H31N3O5/c1-7-14(4)18(19(27)30-6)23-17(26)12-25-20(28)22(5,24-21(25)29)16-10-8-15(9-11-16)13(2)3/h8-11,13-14,18H,7,12H2,1-6H3,(H,23,26)(H,24,29)/t14-,18+,22-/m1/s1. The molecule has 8 heteroatoms. The number of esters is 1. The molecule has 1 aromatic carbocycles. The van der Waals surface area contributed by atoms with Crippen LogP contribution in [0.5, 0.6) is 0 Å². The Morgan fingerprint density at radius 3 is 2.27 bits per heavy atom. The van der Waals surface area contributed by atoms with Crippen molar-refractivity contribution in [2.75, 3.05) is 13.7 Å². The van der Waals surface area contributed by atoms with Crippen LogP contribution in [0, 0.1) is 5.92 Å². The van der Waals surface area contributed by atoms with Gasteiger partial charge in [0.25, 0.3) is 5.91 Å². The minimum absolute atomic E-state index is 0.158. The summed E-state index contributed by atoms with van der Waals surface area (Å²) in [7, 11) is 1.25. The summed E-state index contributed by atoms with van der Waals surface area (Å²) in [4.78, 5) is 50.9. The zero-order valence-electron chi connectivity index (χ0n) is 18.4. The van der Waals surface area contributed by atoms with E-state index in [2.05, 4.69) is 24.5 Å². The average Bonchev–Trinajstić information content (AvgIpc) is 2.94. The van der Waals surface area contributed by atoms with Gasteiger partial charge in [-0.15, -0.1) is 0 Å². The lowest BCUT2D eigenvalue weighted by Crippen LogP contribution is -2.50. The third-order valence-electron chi connectivity index (χ3n) is 5.72. The monoisotopic (exact) mass is 417 g/mol. The molecule has 1 aliphatic rings. The Hall–Kier alpha value is -2.90. The van der Waals surface area contributed by atoms with Gasteiger partial charge in [-0.2, -0.15) is 0 Å². The predicted octanol–water partition coefficient (Wildman–Crippen LogP) is 2.28. The molecule has 1 fully saturated rings. The second kappa shape index (κ2) is 9.28. The van der Waals surface area contributed by atoms with E-state index in [4.69, 9.17) is 4.74 Å². The average molecular weight is 418 g/mol. The number of benzene rings is 1. The fourth-order valence-electron chi connectivity index (χ4n) is 3.40. The fourth-order valence-corrected chi connectivity index (χ4v) is 3.40. The molecule has 1 aliphatic heterocycles. The smallest absolute Gasteiger partial charge is 0.328 e. The molecule has 2 N–H and O–H groups in total. The molecule has 4 amide bonds. The molecule has 30 heavy (non-hydrogen) atoms. The molecular weight excluding hydrogens is 386 g/mol. The summed E-state index contributed by atoms with van der Waals surface area (Å²) in [5.74, 6) is -1.50. The molecule has 0 aromatic heterocycles. The first-order valence-corrected chi connectivity index (χ1v) is 10.2. The molecule has 2 rings (SSSR count). The Balaban J connectivity index is 2.15. The molecule has 0 unspecified atom stereocenters. The minimum Gasteiger partial charge on any atom is -0.467 e. The van der Waals surface area contributed by atoms with E-state index in [0.717, 1.165) is 10.5 Å². The van der Waals surface area contributed by atoms with Crippen LogP contribution in [0.25, 0.3) is 0 Å². The van der Waals surface area contributed by atoms with Crippen LogP contribution < -0.4 is 10.6 Å². The number of nitrogens with one attached hydrogen (secondary N) is 2. The van der Waals surface area contributed by atoms with E-state index < -0.39 is 41.9 Å². The summed E-state index contributed by atoms with van der Waals surface area (Å²) < 4.78 is 4.75. The van der Waals surface area contributed by atoms with Crippen LogP contribution in [0.15, 0.2) is 24.3 Å². The van der Waals surface area contributed by atoms with Crippen molar-refractivity contribution in [1.82, 2.24) is 15.5 Å². The lowest BCUT2D eigenvalue weighted by Gasteiger charge is -2.24. The van der Waals surface area contributed by atoms with E-state index in [1.807, 2.05) is 38.1 Å². The lowest BCUT2D eigenvalue weighted by atomic mass is 9.90. The van der Waals surface area contributed by atoms with Gasteiger partial charge in [0.1, 0.15) is 18.1 Å². The number of nitrogens with zero attached hydrogens (tertiary/aromatic N) is 1. The van der Waals surface area contributed by atoms with Gasteiger partial charge in [0.15, 0.2) is 0 Å². The number of urea groups is 1. The number of carbonyl (C=O) groups excluding carboxylic acids is 4. The molecule has 1 saturated heterocycles. The maximum absolute atomic E-state index is 13.0. The van der Waals surface area contributed by atoms with Crippen molar-refractivity contribution in [2.45, 2.75) is 58.5 Å². The molecule has 0 bridgehead atoms. The van der Waals surface area contributed by atoms with Gasteiger partial charge in [-0.3, -0.25) is 14.5 Å². The topological polar surface area (TPSA) is 105 Å². The number of hydrogen-bond acceptors (Lipinski definition) is 5. The van der Waals surface area contributed by atoms with E-state index in [9.17, 15) is 19.2 Å². The van der Waals surface area contributed by atoms with Crippen molar-refractivity contribution in [3.8, 4) is 0 Å². The summed E-state index contributed by atoms with van der Waals surface area (Å²) in [6.07, 6.45) is 0.646.